The standard InChI is InChI=1S/C31H34ClN3O5/c1-18-8-11-21(16-23(18)32)34-28(36)25-24-14-15-31(40-24)26(25)30(38)35(17-19-9-12-22(39-2)13-10-19)27(31)29(37)33-20-6-4-3-5-7-20/h8-16,20,24-27H,3-7,17H2,1-2H3,(H,33,37)(H,34,36)/t24-,25-,26-,27-,31+/m1/s1. The van der Waals surface area contributed by atoms with Crippen molar-refractivity contribution in [2.45, 2.75) is 69.4 Å². The Morgan fingerprint density at radius 2 is 1.85 bits per heavy atom. The highest BCUT2D eigenvalue weighted by Gasteiger charge is 2.72. The first-order valence-electron chi connectivity index (χ1n) is 14.0. The van der Waals surface area contributed by atoms with E-state index in [4.69, 9.17) is 21.1 Å². The van der Waals surface area contributed by atoms with Gasteiger partial charge in [-0.15, -0.1) is 0 Å². The molecule has 2 N–H and O–H groups in total. The smallest absolute Gasteiger partial charge is 0.246 e. The molecule has 3 aliphatic heterocycles. The van der Waals surface area contributed by atoms with Crippen molar-refractivity contribution in [3.8, 4) is 5.75 Å². The molecule has 2 aromatic rings. The van der Waals surface area contributed by atoms with Gasteiger partial charge in [0, 0.05) is 23.3 Å². The summed E-state index contributed by atoms with van der Waals surface area (Å²) < 4.78 is 11.7. The normalized spacial score (nSPS) is 29.0. The third-order valence-electron chi connectivity index (χ3n) is 8.83. The molecule has 2 aromatic carbocycles. The Morgan fingerprint density at radius 1 is 1.10 bits per heavy atom. The van der Waals surface area contributed by atoms with Crippen LogP contribution in [-0.4, -0.2) is 53.5 Å². The van der Waals surface area contributed by atoms with E-state index in [0.717, 1.165) is 36.8 Å². The van der Waals surface area contributed by atoms with Gasteiger partial charge >= 0.3 is 0 Å². The number of carbonyl (C=O) groups is 3. The minimum atomic E-state index is -1.21. The van der Waals surface area contributed by atoms with Gasteiger partial charge in [0.2, 0.25) is 17.7 Å². The van der Waals surface area contributed by atoms with Crippen molar-refractivity contribution in [1.82, 2.24) is 10.2 Å². The van der Waals surface area contributed by atoms with Gasteiger partial charge in [0.05, 0.1) is 25.0 Å². The van der Waals surface area contributed by atoms with Crippen molar-refractivity contribution in [2.24, 2.45) is 11.8 Å². The van der Waals surface area contributed by atoms with Gasteiger partial charge in [0.1, 0.15) is 17.4 Å². The summed E-state index contributed by atoms with van der Waals surface area (Å²) in [7, 11) is 1.60. The fraction of sp³-hybridized carbons (Fsp3) is 0.452. The van der Waals surface area contributed by atoms with Crippen molar-refractivity contribution in [1.29, 1.82) is 0 Å². The molecule has 0 radical (unpaired) electrons. The Balaban J connectivity index is 1.31. The molecule has 2 bridgehead atoms. The molecule has 0 aromatic heterocycles. The van der Waals surface area contributed by atoms with E-state index in [9.17, 15) is 14.4 Å². The number of nitrogens with one attached hydrogen (secondary N) is 2. The van der Waals surface area contributed by atoms with Gasteiger partial charge in [-0.25, -0.2) is 0 Å². The lowest BCUT2D eigenvalue weighted by molar-refractivity contribution is -0.142. The number of nitrogens with zero attached hydrogens (tertiary/aromatic N) is 1. The first-order chi connectivity index (χ1) is 19.3. The Morgan fingerprint density at radius 3 is 2.55 bits per heavy atom. The van der Waals surface area contributed by atoms with Crippen molar-refractivity contribution >= 4 is 35.0 Å². The molecule has 4 aliphatic rings. The number of amides is 3. The van der Waals surface area contributed by atoms with Crippen LogP contribution in [0.3, 0.4) is 0 Å². The Kier molecular flexibility index (Phi) is 7.09. The number of rotatable bonds is 7. The molecule has 5 atom stereocenters. The molecule has 0 unspecified atom stereocenters. The number of methoxy groups -OCH3 is 1. The lowest BCUT2D eigenvalue weighted by atomic mass is 9.74. The van der Waals surface area contributed by atoms with Crippen molar-refractivity contribution in [3.63, 3.8) is 0 Å². The second-order valence-electron chi connectivity index (χ2n) is 11.3. The highest BCUT2D eigenvalue weighted by Crippen LogP contribution is 2.55. The van der Waals surface area contributed by atoms with Gasteiger partial charge in [0.15, 0.2) is 0 Å². The van der Waals surface area contributed by atoms with Gasteiger partial charge in [-0.2, -0.15) is 0 Å². The maximum atomic E-state index is 14.2. The van der Waals surface area contributed by atoms with Gasteiger partial charge in [-0.1, -0.05) is 61.2 Å². The highest BCUT2D eigenvalue weighted by molar-refractivity contribution is 6.31. The van der Waals surface area contributed by atoms with E-state index in [2.05, 4.69) is 10.6 Å². The number of aryl methyl sites for hydroxylation is 1. The second-order valence-corrected chi connectivity index (χ2v) is 11.7. The molecular weight excluding hydrogens is 530 g/mol. The third kappa shape index (κ3) is 4.57. The SMILES string of the molecule is COc1ccc(CN2C(=O)[C@H]3[C@H](C(=O)Nc4ccc(C)c(Cl)c4)[C@H]4C=C[C@@]3(O4)[C@H]2C(=O)NC2CCCCC2)cc1. The number of benzene rings is 2. The molecule has 1 saturated carbocycles. The zero-order valence-corrected chi connectivity index (χ0v) is 23.4. The Labute approximate surface area is 239 Å². The molecule has 2 saturated heterocycles. The van der Waals surface area contributed by atoms with Crippen LogP contribution in [0.1, 0.15) is 43.2 Å². The van der Waals surface area contributed by atoms with Crippen LogP contribution in [0.15, 0.2) is 54.6 Å². The lowest BCUT2D eigenvalue weighted by Crippen LogP contribution is -2.56. The first-order valence-corrected chi connectivity index (χ1v) is 14.4. The first kappa shape index (κ1) is 26.8. The predicted octanol–water partition coefficient (Wildman–Crippen LogP) is 4.40. The van der Waals surface area contributed by atoms with E-state index in [0.29, 0.717) is 16.5 Å². The van der Waals surface area contributed by atoms with Crippen LogP contribution in [-0.2, 0) is 25.7 Å². The average Bonchev–Trinajstić information content (AvgIpc) is 3.59. The Bertz CT molecular complexity index is 1360. The summed E-state index contributed by atoms with van der Waals surface area (Å²) in [5.41, 5.74) is 1.10. The Hall–Kier alpha value is -3.36. The summed E-state index contributed by atoms with van der Waals surface area (Å²) in [4.78, 5) is 43.4. The zero-order valence-electron chi connectivity index (χ0n) is 22.7. The summed E-state index contributed by atoms with van der Waals surface area (Å²) in [6, 6.07) is 11.9. The van der Waals surface area contributed by atoms with Crippen LogP contribution in [0, 0.1) is 18.8 Å². The topological polar surface area (TPSA) is 97.0 Å². The summed E-state index contributed by atoms with van der Waals surface area (Å²) >= 11 is 6.28. The van der Waals surface area contributed by atoms with E-state index in [-0.39, 0.29) is 30.3 Å². The van der Waals surface area contributed by atoms with Gasteiger partial charge in [0.25, 0.3) is 0 Å². The highest BCUT2D eigenvalue weighted by atomic mass is 35.5. The van der Waals surface area contributed by atoms with Crippen molar-refractivity contribution in [2.75, 3.05) is 12.4 Å². The average molecular weight is 564 g/mol. The third-order valence-corrected chi connectivity index (χ3v) is 9.24. The quantitative estimate of drug-likeness (QED) is 0.487. The minimum Gasteiger partial charge on any atom is -0.497 e. The van der Waals surface area contributed by atoms with Crippen LogP contribution < -0.4 is 15.4 Å². The monoisotopic (exact) mass is 563 g/mol. The molecule has 9 heteroatoms. The molecule has 1 spiro atoms. The van der Waals surface area contributed by atoms with Crippen molar-refractivity contribution in [3.05, 3.63) is 70.8 Å². The number of ether oxygens (including phenoxy) is 2. The fourth-order valence-corrected chi connectivity index (χ4v) is 6.97. The maximum absolute atomic E-state index is 14.2. The summed E-state index contributed by atoms with van der Waals surface area (Å²) in [5.74, 6) is -1.70. The molecule has 210 valence electrons. The van der Waals surface area contributed by atoms with E-state index in [1.165, 1.54) is 6.42 Å². The van der Waals surface area contributed by atoms with Gasteiger partial charge in [-0.3, -0.25) is 14.4 Å². The summed E-state index contributed by atoms with van der Waals surface area (Å²) in [5, 5.41) is 6.69. The number of carbonyl (C=O) groups excluding carboxylic acids is 3. The molecule has 1 aliphatic carbocycles. The van der Waals surface area contributed by atoms with Crippen LogP contribution in [0.25, 0.3) is 0 Å². The molecular formula is C31H34ClN3O5. The number of halogens is 1. The molecule has 3 fully saturated rings. The van der Waals surface area contributed by atoms with Crippen LogP contribution in [0.4, 0.5) is 5.69 Å². The largest absolute Gasteiger partial charge is 0.497 e. The van der Waals surface area contributed by atoms with E-state index in [1.54, 1.807) is 24.1 Å². The number of hydrogen-bond donors (Lipinski definition) is 2. The van der Waals surface area contributed by atoms with Crippen LogP contribution >= 0.6 is 11.6 Å². The van der Waals surface area contributed by atoms with E-state index in [1.807, 2.05) is 49.4 Å². The number of hydrogen-bond acceptors (Lipinski definition) is 5. The lowest BCUT2D eigenvalue weighted by Gasteiger charge is -2.34. The molecule has 8 nitrogen and oxygen atoms in total. The van der Waals surface area contributed by atoms with Crippen LogP contribution in [0.2, 0.25) is 5.02 Å². The van der Waals surface area contributed by atoms with E-state index < -0.39 is 29.6 Å². The summed E-state index contributed by atoms with van der Waals surface area (Å²) in [6.07, 6.45) is 8.22. The second kappa shape index (κ2) is 10.6. The molecule has 3 heterocycles. The number of anilines is 1. The zero-order chi connectivity index (χ0) is 28.0. The molecule has 6 rings (SSSR count). The predicted molar refractivity (Wildman–Crippen MR) is 151 cm³/mol. The molecule has 3 amide bonds. The van der Waals surface area contributed by atoms with Crippen molar-refractivity contribution < 1.29 is 23.9 Å². The van der Waals surface area contributed by atoms with Crippen LogP contribution in [0.5, 0.6) is 5.75 Å². The van der Waals surface area contributed by atoms with E-state index >= 15 is 0 Å². The number of fused-ring (bicyclic) bond motifs is 1. The summed E-state index contributed by atoms with van der Waals surface area (Å²) in [6.45, 7) is 2.10. The van der Waals surface area contributed by atoms with Gasteiger partial charge in [-0.05, 0) is 55.2 Å². The fourth-order valence-electron chi connectivity index (χ4n) is 6.79. The number of likely N-dealkylation sites (tertiary alicyclic amines) is 1. The maximum Gasteiger partial charge on any atom is 0.246 e. The minimum absolute atomic E-state index is 0.0719. The molecule has 40 heavy (non-hydrogen) atoms. The van der Waals surface area contributed by atoms with Gasteiger partial charge < -0.3 is 25.0 Å².